The molecule has 5 aliphatic heterocycles. The van der Waals surface area contributed by atoms with Gasteiger partial charge in [0.2, 0.25) is 0 Å². The molecule has 634 valence electrons. The van der Waals surface area contributed by atoms with Crippen LogP contribution in [0, 0.1) is 5.82 Å². The summed E-state index contributed by atoms with van der Waals surface area (Å²) in [5.74, 6) is 0.762. The van der Waals surface area contributed by atoms with Crippen molar-refractivity contribution in [1.82, 2.24) is 35.1 Å². The Morgan fingerprint density at radius 3 is 1.01 bits per heavy atom. The number of amides is 5. The molecule has 0 saturated heterocycles. The fraction of sp³-hybridized carbons (Fsp3) is 0.375. The number of anilines is 2. The molecule has 7 aromatic rings. The first kappa shape index (κ1) is 91.9. The van der Waals surface area contributed by atoms with Crippen LogP contribution in [0.3, 0.4) is 0 Å². The number of hydrogen-bond donors (Lipinski definition) is 1. The number of carbonyl (C=O) groups excluding carboxylic acids is 7. The Bertz CT molecular complexity index is 4580. The third-order valence-corrected chi connectivity index (χ3v) is 19.9. The largest absolute Gasteiger partial charge is 0.489 e. The zero-order valence-electron chi connectivity index (χ0n) is 68.1. The minimum atomic E-state index is -0.605. The van der Waals surface area contributed by atoms with Crippen LogP contribution in [-0.2, 0) is 51.2 Å². The number of nitrogens with one attached hydrogen (secondary N) is 1. The van der Waals surface area contributed by atoms with Crippen LogP contribution >= 0.6 is 0 Å². The molecule has 2 aromatic heterocycles. The van der Waals surface area contributed by atoms with Gasteiger partial charge >= 0.3 is 24.0 Å². The molecule has 0 atom stereocenters. The van der Waals surface area contributed by atoms with E-state index < -0.39 is 11.7 Å². The predicted molar refractivity (Wildman–Crippen MR) is 434 cm³/mol. The number of carbonyl (C=O) groups is 7. The van der Waals surface area contributed by atoms with Gasteiger partial charge in [-0.05, 0) is 199 Å². The van der Waals surface area contributed by atoms with Crippen molar-refractivity contribution in [1.29, 1.82) is 0 Å². The van der Waals surface area contributed by atoms with E-state index in [2.05, 4.69) is 34.7 Å². The number of esters is 2. The van der Waals surface area contributed by atoms with Crippen molar-refractivity contribution < 1.29 is 103 Å². The normalized spacial score (nSPS) is 14.4. The molecule has 0 fully saturated rings. The Balaban J connectivity index is 0.000000186. The van der Waals surface area contributed by atoms with Crippen molar-refractivity contribution in [2.45, 2.75) is 112 Å². The van der Waals surface area contributed by atoms with Gasteiger partial charge in [-0.3, -0.25) is 33.6 Å². The van der Waals surface area contributed by atoms with Gasteiger partial charge in [-0.15, -0.1) is 0 Å². The maximum absolute atomic E-state index is 13.8. The molecule has 12 rings (SSSR count). The second-order valence-corrected chi connectivity index (χ2v) is 27.3. The van der Waals surface area contributed by atoms with Crippen LogP contribution in [-0.4, -0.2) is 178 Å². The summed E-state index contributed by atoms with van der Waals surface area (Å²) in [4.78, 5) is 107. The summed E-state index contributed by atoms with van der Waals surface area (Å²) in [6.07, 6.45) is 15.7. The number of hydrogen-bond acceptors (Lipinski definition) is 20. The van der Waals surface area contributed by atoms with Crippen LogP contribution in [0.5, 0.6) is 40.8 Å². The molecule has 0 radical (unpaired) electrons. The minimum Gasteiger partial charge on any atom is -0.489 e. The summed E-state index contributed by atoms with van der Waals surface area (Å²) < 4.78 is 123. The lowest BCUT2D eigenvalue weighted by Gasteiger charge is -2.28. The van der Waals surface area contributed by atoms with Gasteiger partial charge in [-0.2, -0.15) is 0 Å². The van der Waals surface area contributed by atoms with Gasteiger partial charge in [0, 0.05) is 74.1 Å². The SMILES string of the molecule is CC/C(=C/F)COc1cc(F)c2c(c1)CCNC2=O.CC/C(=C/F)COc1ccc2c(c1)CCN(CCC(=O)OC)C2=O.CC/C(=C/F)COc1ccc2c(c1)CCN(c1cnc(OC)nc1)C2=O.CC/C(=C\F)COc1ccc2c(c1)CCN(CCC(=O)OC)C2=O.CC/C(=C\F)COc1ccc2c(c1)CCN(c1cnc(OC)nc1)C2=O. The summed E-state index contributed by atoms with van der Waals surface area (Å²) in [7, 11) is 5.64. The first-order valence-corrected chi connectivity index (χ1v) is 38.9. The Hall–Kier alpha value is -12.6. The number of fused-ring (bicyclic) bond motifs is 5. The van der Waals surface area contributed by atoms with Crippen molar-refractivity contribution in [3.05, 3.63) is 231 Å². The van der Waals surface area contributed by atoms with E-state index in [-0.39, 0.29) is 99.0 Å². The molecule has 0 aliphatic carbocycles. The molecule has 119 heavy (non-hydrogen) atoms. The Labute approximate surface area is 687 Å². The number of halogens is 6. The van der Waals surface area contributed by atoms with Crippen molar-refractivity contribution in [3.8, 4) is 40.8 Å². The first-order chi connectivity index (χ1) is 57.6. The van der Waals surface area contributed by atoms with Gasteiger partial charge in [0.05, 0.1) is 115 Å². The third-order valence-electron chi connectivity index (χ3n) is 19.9. The average molecular weight is 1650 g/mol. The van der Waals surface area contributed by atoms with E-state index in [1.165, 1.54) is 28.4 Å². The molecule has 31 heteroatoms. The molecular formula is C88H99F6N9O16. The van der Waals surface area contributed by atoms with Crippen molar-refractivity contribution in [3.63, 3.8) is 0 Å². The summed E-state index contributed by atoms with van der Waals surface area (Å²) in [6.45, 7) is 13.5. The Morgan fingerprint density at radius 2 is 0.706 bits per heavy atom. The van der Waals surface area contributed by atoms with E-state index in [1.807, 2.05) is 58.9 Å². The molecule has 0 saturated carbocycles. The van der Waals surface area contributed by atoms with Crippen molar-refractivity contribution in [2.75, 3.05) is 117 Å². The summed E-state index contributed by atoms with van der Waals surface area (Å²) in [5.41, 5.74) is 10.9. The molecule has 5 aromatic carbocycles. The van der Waals surface area contributed by atoms with E-state index in [4.69, 9.17) is 33.2 Å². The van der Waals surface area contributed by atoms with Crippen LogP contribution in [0.1, 0.15) is 159 Å². The van der Waals surface area contributed by atoms with Gasteiger partial charge in [0.1, 0.15) is 67.6 Å². The molecule has 0 unspecified atom stereocenters. The van der Waals surface area contributed by atoms with Gasteiger partial charge < -0.3 is 67.5 Å². The molecule has 5 amide bonds. The highest BCUT2D eigenvalue weighted by atomic mass is 19.1. The van der Waals surface area contributed by atoms with Crippen LogP contribution in [0.15, 0.2) is 169 Å². The second kappa shape index (κ2) is 47.0. The summed E-state index contributed by atoms with van der Waals surface area (Å²) >= 11 is 0. The molecule has 5 aliphatic rings. The number of benzene rings is 5. The number of ether oxygens (including phenoxy) is 9. The van der Waals surface area contributed by atoms with Gasteiger partial charge in [-0.25, -0.2) is 46.3 Å². The zero-order chi connectivity index (χ0) is 85.9. The Morgan fingerprint density at radius 1 is 0.403 bits per heavy atom. The minimum absolute atomic E-state index is 0.0790. The average Bonchev–Trinajstić information content (AvgIpc) is 0.767. The standard InChI is InChI=1S/2C19H20FN3O3.2C18H22FNO4.C14H15F2NO2/c2*1-3-13(9-20)12-26-16-4-5-17-14(8-16)6-7-23(18(17)24)15-10-21-19(25-2)22-11-15;2*1-3-13(11-19)12-24-15-4-5-16-14(10-15)6-8-20(18(16)22)9-7-17(21)23-2;1-2-9(7-15)8-19-11-5-10-3-4-17-14(18)13(10)12(16)6-11/h2*4-5,8-11H,3,6-7,12H2,1-2H3;2*4-5,10-11H,3,6-9,12H2,1-2H3;5-7H,2-4,8H2,1H3,(H,17,18)/b13-9+;13-9-;13-11+;13-11-;9-7-. The van der Waals surface area contributed by atoms with Crippen LogP contribution in [0.4, 0.5) is 37.7 Å². The van der Waals surface area contributed by atoms with Crippen molar-refractivity contribution in [2.24, 2.45) is 0 Å². The number of aromatic nitrogens is 4. The third kappa shape index (κ3) is 26.0. The van der Waals surface area contributed by atoms with E-state index >= 15 is 0 Å². The topological polar surface area (TPSA) is 279 Å². The highest BCUT2D eigenvalue weighted by molar-refractivity contribution is 6.09. The fourth-order valence-electron chi connectivity index (χ4n) is 12.5. The quantitative estimate of drug-likeness (QED) is 0.0323. The molecule has 7 heterocycles. The molecule has 0 bridgehead atoms. The summed E-state index contributed by atoms with van der Waals surface area (Å²) in [5, 5.41) is 2.59. The van der Waals surface area contributed by atoms with Crippen LogP contribution in [0.2, 0.25) is 0 Å². The van der Waals surface area contributed by atoms with E-state index in [0.717, 1.165) is 28.3 Å². The Kier molecular flexibility index (Phi) is 36.3. The van der Waals surface area contributed by atoms with E-state index in [1.54, 1.807) is 99.0 Å². The first-order valence-electron chi connectivity index (χ1n) is 38.9. The van der Waals surface area contributed by atoms with Crippen LogP contribution in [0.25, 0.3) is 0 Å². The maximum atomic E-state index is 13.8. The van der Waals surface area contributed by atoms with Gasteiger partial charge in [-0.1, -0.05) is 34.6 Å². The fourth-order valence-corrected chi connectivity index (χ4v) is 12.5. The molecular weight excluding hydrogens is 1550 g/mol. The van der Waals surface area contributed by atoms with Gasteiger partial charge in [0.25, 0.3) is 29.5 Å². The number of methoxy groups -OCH3 is 4. The lowest BCUT2D eigenvalue weighted by Crippen LogP contribution is -2.38. The van der Waals surface area contributed by atoms with Crippen LogP contribution < -0.4 is 48.3 Å². The monoisotopic (exact) mass is 1650 g/mol. The molecule has 0 spiro atoms. The highest BCUT2D eigenvalue weighted by Gasteiger charge is 2.31. The number of rotatable bonds is 30. The molecule has 1 N–H and O–H groups in total. The smallest absolute Gasteiger partial charge is 0.316 e. The van der Waals surface area contributed by atoms with E-state index in [9.17, 15) is 59.9 Å². The van der Waals surface area contributed by atoms with Gasteiger partial charge in [0.15, 0.2) is 0 Å². The lowest BCUT2D eigenvalue weighted by atomic mass is 9.98. The van der Waals surface area contributed by atoms with E-state index in [0.29, 0.717) is 237 Å². The molecule has 25 nitrogen and oxygen atoms in total. The predicted octanol–water partition coefficient (Wildman–Crippen LogP) is 15.2. The summed E-state index contributed by atoms with van der Waals surface area (Å²) in [6, 6.07) is 24.5. The maximum Gasteiger partial charge on any atom is 0.316 e. The zero-order valence-corrected chi connectivity index (χ0v) is 68.1. The lowest BCUT2D eigenvalue weighted by molar-refractivity contribution is -0.141. The number of nitrogens with zero attached hydrogens (tertiary/aromatic N) is 8. The highest BCUT2D eigenvalue weighted by Crippen LogP contribution is 2.33. The second-order valence-electron chi connectivity index (χ2n) is 27.3. The van der Waals surface area contributed by atoms with Crippen molar-refractivity contribution >= 4 is 52.8 Å².